The molecule has 0 bridgehead atoms. The van der Waals surface area contributed by atoms with Crippen molar-refractivity contribution in [2.24, 2.45) is 5.92 Å². The van der Waals surface area contributed by atoms with Crippen molar-refractivity contribution in [1.29, 1.82) is 0 Å². The fraction of sp³-hybridized carbons (Fsp3) is 0.462. The van der Waals surface area contributed by atoms with E-state index in [0.717, 1.165) is 12.1 Å². The lowest BCUT2D eigenvalue weighted by molar-refractivity contribution is -0.147. The Morgan fingerprint density at radius 2 is 2.12 bits per heavy atom. The SMILES string of the molecule is CCOC(=O)[C@@H]1CNC[C@H]1c1ccc(F)cc1. The molecular formula is C13H16FNO2. The third-order valence-corrected chi connectivity index (χ3v) is 3.10. The molecule has 0 aliphatic carbocycles. The number of nitrogens with one attached hydrogen (secondary N) is 1. The van der Waals surface area contributed by atoms with E-state index >= 15 is 0 Å². The second-order valence-corrected chi connectivity index (χ2v) is 4.17. The first-order valence-corrected chi connectivity index (χ1v) is 5.85. The molecule has 0 aromatic heterocycles. The smallest absolute Gasteiger partial charge is 0.310 e. The molecule has 0 unspecified atom stereocenters. The molecule has 0 saturated carbocycles. The summed E-state index contributed by atoms with van der Waals surface area (Å²) in [5, 5.41) is 3.18. The molecule has 2 atom stereocenters. The summed E-state index contributed by atoms with van der Waals surface area (Å²) in [5.41, 5.74) is 0.981. The predicted octanol–water partition coefficient (Wildman–Crippen LogP) is 1.69. The van der Waals surface area contributed by atoms with Crippen LogP contribution in [0.5, 0.6) is 0 Å². The molecule has 1 N–H and O–H groups in total. The zero-order valence-corrected chi connectivity index (χ0v) is 9.78. The van der Waals surface area contributed by atoms with E-state index in [4.69, 9.17) is 4.74 Å². The monoisotopic (exact) mass is 237 g/mol. The van der Waals surface area contributed by atoms with Gasteiger partial charge in [-0.3, -0.25) is 4.79 Å². The van der Waals surface area contributed by atoms with E-state index in [1.54, 1.807) is 19.1 Å². The predicted molar refractivity (Wildman–Crippen MR) is 62.1 cm³/mol. The Labute approximate surface area is 100.0 Å². The van der Waals surface area contributed by atoms with Crippen molar-refractivity contribution in [2.75, 3.05) is 19.7 Å². The molecule has 92 valence electrons. The lowest BCUT2D eigenvalue weighted by Crippen LogP contribution is -2.24. The van der Waals surface area contributed by atoms with Crippen molar-refractivity contribution in [2.45, 2.75) is 12.8 Å². The quantitative estimate of drug-likeness (QED) is 0.813. The third-order valence-electron chi connectivity index (χ3n) is 3.10. The number of benzene rings is 1. The Morgan fingerprint density at radius 3 is 2.76 bits per heavy atom. The minimum atomic E-state index is -0.257. The van der Waals surface area contributed by atoms with E-state index in [1.807, 2.05) is 0 Å². The van der Waals surface area contributed by atoms with Gasteiger partial charge in [0.1, 0.15) is 5.82 Å². The maximum absolute atomic E-state index is 12.8. The first kappa shape index (κ1) is 12.0. The minimum absolute atomic E-state index is 0.0784. The van der Waals surface area contributed by atoms with Gasteiger partial charge in [0.15, 0.2) is 0 Å². The van der Waals surface area contributed by atoms with Gasteiger partial charge in [-0.25, -0.2) is 4.39 Å². The molecule has 1 fully saturated rings. The normalized spacial score (nSPS) is 23.6. The van der Waals surface area contributed by atoms with Gasteiger partial charge in [-0.2, -0.15) is 0 Å². The van der Waals surface area contributed by atoms with E-state index in [9.17, 15) is 9.18 Å². The van der Waals surface area contributed by atoms with Crippen molar-refractivity contribution in [3.05, 3.63) is 35.6 Å². The molecule has 0 spiro atoms. The van der Waals surface area contributed by atoms with Crippen molar-refractivity contribution in [3.63, 3.8) is 0 Å². The second-order valence-electron chi connectivity index (χ2n) is 4.17. The summed E-state index contributed by atoms with van der Waals surface area (Å²) in [7, 11) is 0. The first-order chi connectivity index (χ1) is 8.22. The van der Waals surface area contributed by atoms with Crippen molar-refractivity contribution in [3.8, 4) is 0 Å². The summed E-state index contributed by atoms with van der Waals surface area (Å²) in [6, 6.07) is 6.32. The van der Waals surface area contributed by atoms with Gasteiger partial charge >= 0.3 is 5.97 Å². The molecule has 1 aromatic carbocycles. The van der Waals surface area contributed by atoms with Crippen LogP contribution < -0.4 is 5.32 Å². The van der Waals surface area contributed by atoms with Gasteiger partial charge in [0.2, 0.25) is 0 Å². The van der Waals surface area contributed by atoms with Gasteiger partial charge in [-0.05, 0) is 24.6 Å². The Morgan fingerprint density at radius 1 is 1.41 bits per heavy atom. The number of ether oxygens (including phenoxy) is 1. The summed E-state index contributed by atoms with van der Waals surface area (Å²) < 4.78 is 17.9. The first-order valence-electron chi connectivity index (χ1n) is 5.85. The zero-order chi connectivity index (χ0) is 12.3. The standard InChI is InChI=1S/C13H16FNO2/c1-2-17-13(16)12-8-15-7-11(12)9-3-5-10(14)6-4-9/h3-6,11-12,15H,2,7-8H2,1H3/t11-,12+/m0/s1. The molecule has 1 aliphatic rings. The molecule has 0 radical (unpaired) electrons. The van der Waals surface area contributed by atoms with Crippen molar-refractivity contribution >= 4 is 5.97 Å². The van der Waals surface area contributed by atoms with Crippen LogP contribution in [0.25, 0.3) is 0 Å². The third kappa shape index (κ3) is 2.64. The summed E-state index contributed by atoms with van der Waals surface area (Å²) in [4.78, 5) is 11.8. The van der Waals surface area contributed by atoms with E-state index < -0.39 is 0 Å². The Kier molecular flexibility index (Phi) is 3.74. The van der Waals surface area contributed by atoms with Crippen molar-refractivity contribution < 1.29 is 13.9 Å². The average molecular weight is 237 g/mol. The molecule has 1 heterocycles. The van der Waals surface area contributed by atoms with Crippen LogP contribution in [0.3, 0.4) is 0 Å². The molecular weight excluding hydrogens is 221 g/mol. The number of hydrogen-bond donors (Lipinski definition) is 1. The summed E-state index contributed by atoms with van der Waals surface area (Å²) in [6.07, 6.45) is 0. The van der Waals surface area contributed by atoms with E-state index in [-0.39, 0.29) is 23.6 Å². The number of hydrogen-bond acceptors (Lipinski definition) is 3. The van der Waals surface area contributed by atoms with E-state index in [2.05, 4.69) is 5.32 Å². The summed E-state index contributed by atoms with van der Waals surface area (Å²) >= 11 is 0. The summed E-state index contributed by atoms with van der Waals surface area (Å²) in [5.74, 6) is -0.519. The van der Waals surface area contributed by atoms with Crippen LogP contribution in [-0.4, -0.2) is 25.7 Å². The van der Waals surface area contributed by atoms with Gasteiger partial charge < -0.3 is 10.1 Å². The molecule has 3 nitrogen and oxygen atoms in total. The van der Waals surface area contributed by atoms with Gasteiger partial charge in [0.05, 0.1) is 12.5 Å². The molecule has 4 heteroatoms. The highest BCUT2D eigenvalue weighted by molar-refractivity contribution is 5.74. The number of halogens is 1. The van der Waals surface area contributed by atoms with Gasteiger partial charge in [0.25, 0.3) is 0 Å². The highest BCUT2D eigenvalue weighted by atomic mass is 19.1. The Balaban J connectivity index is 2.14. The zero-order valence-electron chi connectivity index (χ0n) is 9.78. The van der Waals surface area contributed by atoms with Crippen LogP contribution in [-0.2, 0) is 9.53 Å². The molecule has 1 aromatic rings. The van der Waals surface area contributed by atoms with Crippen LogP contribution in [0.1, 0.15) is 18.4 Å². The number of rotatable bonds is 3. The highest BCUT2D eigenvalue weighted by Gasteiger charge is 2.34. The fourth-order valence-electron chi connectivity index (χ4n) is 2.24. The van der Waals surface area contributed by atoms with E-state index in [0.29, 0.717) is 13.2 Å². The largest absolute Gasteiger partial charge is 0.466 e. The Bertz CT molecular complexity index is 391. The lowest BCUT2D eigenvalue weighted by Gasteiger charge is -2.17. The molecule has 2 rings (SSSR count). The van der Waals surface area contributed by atoms with Crippen LogP contribution in [0, 0.1) is 11.7 Å². The van der Waals surface area contributed by atoms with Gasteiger partial charge in [-0.1, -0.05) is 12.1 Å². The number of carbonyl (C=O) groups is 1. The van der Waals surface area contributed by atoms with Crippen LogP contribution in [0.4, 0.5) is 4.39 Å². The molecule has 17 heavy (non-hydrogen) atoms. The second kappa shape index (κ2) is 5.27. The van der Waals surface area contributed by atoms with Gasteiger partial charge in [-0.15, -0.1) is 0 Å². The molecule has 1 saturated heterocycles. The molecule has 1 aliphatic heterocycles. The fourth-order valence-corrected chi connectivity index (χ4v) is 2.24. The maximum atomic E-state index is 12.8. The number of carbonyl (C=O) groups excluding carboxylic acids is 1. The van der Waals surface area contributed by atoms with Crippen LogP contribution in [0.15, 0.2) is 24.3 Å². The van der Waals surface area contributed by atoms with Crippen LogP contribution >= 0.6 is 0 Å². The maximum Gasteiger partial charge on any atom is 0.310 e. The van der Waals surface area contributed by atoms with E-state index in [1.165, 1.54) is 12.1 Å². The number of esters is 1. The average Bonchev–Trinajstić information content (AvgIpc) is 2.79. The summed E-state index contributed by atoms with van der Waals surface area (Å²) in [6.45, 7) is 3.55. The van der Waals surface area contributed by atoms with Crippen molar-refractivity contribution in [1.82, 2.24) is 5.32 Å². The van der Waals surface area contributed by atoms with Crippen LogP contribution in [0.2, 0.25) is 0 Å². The Hall–Kier alpha value is -1.42. The lowest BCUT2D eigenvalue weighted by atomic mass is 9.89. The topological polar surface area (TPSA) is 38.3 Å². The van der Waals surface area contributed by atoms with Gasteiger partial charge in [0, 0.05) is 19.0 Å². The minimum Gasteiger partial charge on any atom is -0.466 e. The molecule has 0 amide bonds. The highest BCUT2D eigenvalue weighted by Crippen LogP contribution is 2.29.